The molecule has 24 heavy (non-hydrogen) atoms. The Hall–Kier alpha value is -2.58. The van der Waals surface area contributed by atoms with Crippen LogP contribution in [0.3, 0.4) is 0 Å². The fraction of sp³-hybridized carbons (Fsp3) is 0.0952. The highest BCUT2D eigenvalue weighted by Gasteiger charge is 2.09. The van der Waals surface area contributed by atoms with Crippen LogP contribution < -0.4 is 5.32 Å². The number of carbonyl (C=O) groups is 1. The van der Waals surface area contributed by atoms with Gasteiger partial charge in [0.2, 0.25) is 5.91 Å². The highest BCUT2D eigenvalue weighted by molar-refractivity contribution is 6.31. The average molecular weight is 336 g/mol. The molecule has 120 valence electrons. The van der Waals surface area contributed by atoms with Crippen LogP contribution in [0.15, 0.2) is 78.9 Å². The van der Waals surface area contributed by atoms with E-state index in [-0.39, 0.29) is 12.3 Å². The number of rotatable bonds is 5. The zero-order valence-corrected chi connectivity index (χ0v) is 14.0. The minimum atomic E-state index is -0.0661. The summed E-state index contributed by atoms with van der Waals surface area (Å²) in [6.45, 7) is 0. The van der Waals surface area contributed by atoms with E-state index in [1.165, 1.54) is 5.56 Å². The van der Waals surface area contributed by atoms with Gasteiger partial charge in [-0.15, -0.1) is 0 Å². The first-order valence-electron chi connectivity index (χ1n) is 7.87. The van der Waals surface area contributed by atoms with Crippen molar-refractivity contribution in [2.45, 2.75) is 12.8 Å². The molecular weight excluding hydrogens is 318 g/mol. The second-order valence-corrected chi connectivity index (χ2v) is 6.04. The number of amides is 1. The van der Waals surface area contributed by atoms with Crippen molar-refractivity contribution >= 4 is 23.2 Å². The standard InChI is InChI=1S/C21H18ClNO/c22-19-12-6-4-10-17(19)15-21(24)23-20-13-7-5-11-18(20)14-16-8-2-1-3-9-16/h1-13H,14-15H2,(H,23,24). The summed E-state index contributed by atoms with van der Waals surface area (Å²) in [5, 5.41) is 3.62. The minimum Gasteiger partial charge on any atom is -0.326 e. The molecule has 0 aromatic heterocycles. The molecule has 3 heteroatoms. The summed E-state index contributed by atoms with van der Waals surface area (Å²) < 4.78 is 0. The molecule has 0 atom stereocenters. The van der Waals surface area contributed by atoms with Crippen molar-refractivity contribution in [3.05, 3.63) is 101 Å². The summed E-state index contributed by atoms with van der Waals surface area (Å²) in [7, 11) is 0. The van der Waals surface area contributed by atoms with Crippen LogP contribution in [0.1, 0.15) is 16.7 Å². The van der Waals surface area contributed by atoms with Crippen molar-refractivity contribution in [3.8, 4) is 0 Å². The van der Waals surface area contributed by atoms with E-state index in [0.29, 0.717) is 5.02 Å². The number of halogens is 1. The van der Waals surface area contributed by atoms with Crippen molar-refractivity contribution in [3.63, 3.8) is 0 Å². The highest BCUT2D eigenvalue weighted by atomic mass is 35.5. The summed E-state index contributed by atoms with van der Waals surface area (Å²) in [6, 6.07) is 25.5. The van der Waals surface area contributed by atoms with Gasteiger partial charge in [0.1, 0.15) is 0 Å². The fourth-order valence-electron chi connectivity index (χ4n) is 2.62. The maximum absolute atomic E-state index is 12.4. The van der Waals surface area contributed by atoms with Gasteiger partial charge in [0.25, 0.3) is 0 Å². The van der Waals surface area contributed by atoms with E-state index in [9.17, 15) is 4.79 Å². The smallest absolute Gasteiger partial charge is 0.228 e. The van der Waals surface area contributed by atoms with Crippen molar-refractivity contribution in [1.29, 1.82) is 0 Å². The summed E-state index contributed by atoms with van der Waals surface area (Å²) >= 11 is 6.13. The van der Waals surface area contributed by atoms with Crippen LogP contribution in [0.25, 0.3) is 0 Å². The minimum absolute atomic E-state index is 0.0661. The summed E-state index contributed by atoms with van der Waals surface area (Å²) in [5.74, 6) is -0.0661. The van der Waals surface area contributed by atoms with Gasteiger partial charge in [-0.1, -0.05) is 78.3 Å². The van der Waals surface area contributed by atoms with Crippen LogP contribution in [0.5, 0.6) is 0 Å². The number of benzene rings is 3. The second kappa shape index (κ2) is 7.80. The Kier molecular flexibility index (Phi) is 5.29. The first-order valence-corrected chi connectivity index (χ1v) is 8.25. The van der Waals surface area contributed by atoms with Gasteiger partial charge in [-0.25, -0.2) is 0 Å². The van der Waals surface area contributed by atoms with Gasteiger partial charge in [-0.3, -0.25) is 4.79 Å². The van der Waals surface area contributed by atoms with E-state index >= 15 is 0 Å². The van der Waals surface area contributed by atoms with Gasteiger partial charge in [-0.2, -0.15) is 0 Å². The van der Waals surface area contributed by atoms with Gasteiger partial charge >= 0.3 is 0 Å². The number of para-hydroxylation sites is 1. The van der Waals surface area contributed by atoms with Crippen LogP contribution in [-0.4, -0.2) is 5.91 Å². The highest BCUT2D eigenvalue weighted by Crippen LogP contribution is 2.20. The molecule has 1 N–H and O–H groups in total. The monoisotopic (exact) mass is 335 g/mol. The molecule has 0 heterocycles. The molecule has 3 aromatic carbocycles. The SMILES string of the molecule is O=C(Cc1ccccc1Cl)Nc1ccccc1Cc1ccccc1. The summed E-state index contributed by atoms with van der Waals surface area (Å²) in [4.78, 5) is 12.4. The molecule has 0 aliphatic heterocycles. The molecule has 0 aliphatic rings. The fourth-order valence-corrected chi connectivity index (χ4v) is 2.82. The van der Waals surface area contributed by atoms with E-state index in [4.69, 9.17) is 11.6 Å². The first-order chi connectivity index (χ1) is 11.7. The average Bonchev–Trinajstić information content (AvgIpc) is 2.60. The Bertz CT molecular complexity index is 830. The lowest BCUT2D eigenvalue weighted by Gasteiger charge is -2.12. The quantitative estimate of drug-likeness (QED) is 0.689. The molecular formula is C21H18ClNO. The van der Waals surface area contributed by atoms with Crippen molar-refractivity contribution < 1.29 is 4.79 Å². The van der Waals surface area contributed by atoms with Crippen LogP contribution >= 0.6 is 11.6 Å². The number of hydrogen-bond donors (Lipinski definition) is 1. The van der Waals surface area contributed by atoms with E-state index < -0.39 is 0 Å². The largest absolute Gasteiger partial charge is 0.326 e. The molecule has 0 aliphatic carbocycles. The Morgan fingerprint density at radius 3 is 2.17 bits per heavy atom. The molecule has 0 saturated heterocycles. The molecule has 0 unspecified atom stereocenters. The third-order valence-electron chi connectivity index (χ3n) is 3.84. The van der Waals surface area contributed by atoms with Crippen LogP contribution in [-0.2, 0) is 17.6 Å². The zero-order valence-electron chi connectivity index (χ0n) is 13.2. The third-order valence-corrected chi connectivity index (χ3v) is 4.21. The Balaban J connectivity index is 1.73. The Morgan fingerprint density at radius 2 is 1.42 bits per heavy atom. The number of carbonyl (C=O) groups excluding carboxylic acids is 1. The first kappa shape index (κ1) is 16.3. The molecule has 0 spiro atoms. The lowest BCUT2D eigenvalue weighted by atomic mass is 10.0. The van der Waals surface area contributed by atoms with Gasteiger partial charge in [0.15, 0.2) is 0 Å². The zero-order chi connectivity index (χ0) is 16.8. The Labute approximate surface area is 147 Å². The molecule has 0 radical (unpaired) electrons. The van der Waals surface area contributed by atoms with Crippen LogP contribution in [0.2, 0.25) is 5.02 Å². The molecule has 3 aromatic rings. The van der Waals surface area contributed by atoms with E-state index in [1.54, 1.807) is 6.07 Å². The molecule has 1 amide bonds. The lowest BCUT2D eigenvalue weighted by molar-refractivity contribution is -0.115. The normalized spacial score (nSPS) is 10.4. The van der Waals surface area contributed by atoms with Crippen molar-refractivity contribution in [1.82, 2.24) is 0 Å². The topological polar surface area (TPSA) is 29.1 Å². The molecule has 3 rings (SSSR count). The summed E-state index contributed by atoms with van der Waals surface area (Å²) in [6.07, 6.45) is 1.04. The van der Waals surface area contributed by atoms with Crippen LogP contribution in [0.4, 0.5) is 5.69 Å². The Morgan fingerprint density at radius 1 is 0.792 bits per heavy atom. The third kappa shape index (κ3) is 4.24. The van der Waals surface area contributed by atoms with Crippen LogP contribution in [0, 0.1) is 0 Å². The van der Waals surface area contributed by atoms with Crippen molar-refractivity contribution in [2.24, 2.45) is 0 Å². The van der Waals surface area contributed by atoms with Gasteiger partial charge < -0.3 is 5.32 Å². The van der Waals surface area contributed by atoms with E-state index in [2.05, 4.69) is 17.4 Å². The predicted octanol–water partition coefficient (Wildman–Crippen LogP) is 5.11. The maximum Gasteiger partial charge on any atom is 0.228 e. The molecule has 0 bridgehead atoms. The number of hydrogen-bond acceptors (Lipinski definition) is 1. The second-order valence-electron chi connectivity index (χ2n) is 5.64. The van der Waals surface area contributed by atoms with E-state index in [1.807, 2.05) is 60.7 Å². The van der Waals surface area contributed by atoms with Gasteiger partial charge in [-0.05, 0) is 35.2 Å². The molecule has 0 saturated carbocycles. The van der Waals surface area contributed by atoms with Crippen molar-refractivity contribution in [2.75, 3.05) is 5.32 Å². The molecule has 2 nitrogen and oxygen atoms in total. The maximum atomic E-state index is 12.4. The van der Waals surface area contributed by atoms with Gasteiger partial charge in [0, 0.05) is 10.7 Å². The lowest BCUT2D eigenvalue weighted by Crippen LogP contribution is -2.16. The summed E-state index contributed by atoms with van der Waals surface area (Å²) in [5.41, 5.74) is 3.98. The van der Waals surface area contributed by atoms with E-state index in [0.717, 1.165) is 23.2 Å². The van der Waals surface area contributed by atoms with Gasteiger partial charge in [0.05, 0.1) is 6.42 Å². The number of nitrogens with one attached hydrogen (secondary N) is 1. The predicted molar refractivity (Wildman–Crippen MR) is 99.5 cm³/mol. The number of anilines is 1. The molecule has 0 fully saturated rings.